The summed E-state index contributed by atoms with van der Waals surface area (Å²) in [5.41, 5.74) is 1.61. The van der Waals surface area contributed by atoms with Crippen molar-refractivity contribution in [2.75, 3.05) is 6.54 Å². The molecule has 30 heavy (non-hydrogen) atoms. The largest absolute Gasteiger partial charge is 0.441 e. The predicted octanol–water partition coefficient (Wildman–Crippen LogP) is 5.71. The fraction of sp³-hybridized carbons (Fsp3) is 0.217. The lowest BCUT2D eigenvalue weighted by molar-refractivity contribution is -0.133. The summed E-state index contributed by atoms with van der Waals surface area (Å²) in [7, 11) is 0. The normalized spacial score (nSPS) is 15.9. The Bertz CT molecular complexity index is 1170. The molecule has 0 fully saturated rings. The van der Waals surface area contributed by atoms with E-state index in [1.807, 2.05) is 11.0 Å². The molecule has 0 spiro atoms. The van der Waals surface area contributed by atoms with Crippen LogP contribution < -0.4 is 0 Å². The van der Waals surface area contributed by atoms with Crippen LogP contribution >= 0.6 is 22.7 Å². The molecule has 0 aliphatic carbocycles. The standard InChI is InChI=1S/C23H19FN2O2S2/c24-17-5-2-1-4-15(17)18-14-25-21(28-18)7-8-22(27)26-11-9-19-16(10-13-30-19)23(26)20-6-3-12-29-20/h1-6,10,12-14,23H,7-9,11H2. The second-order valence-corrected chi connectivity index (χ2v) is 9.13. The molecule has 4 heterocycles. The molecule has 7 heteroatoms. The molecule has 1 unspecified atom stereocenters. The van der Waals surface area contributed by atoms with Crippen LogP contribution in [0.2, 0.25) is 0 Å². The summed E-state index contributed by atoms with van der Waals surface area (Å²) in [6.45, 7) is 0.709. The SMILES string of the molecule is O=C(CCc1ncc(-c2ccccc2F)o1)N1CCc2sccc2C1c1cccs1. The van der Waals surface area contributed by atoms with Crippen molar-refractivity contribution in [3.63, 3.8) is 0 Å². The number of halogens is 1. The van der Waals surface area contributed by atoms with Gasteiger partial charge in [0.15, 0.2) is 11.7 Å². The Kier molecular flexibility index (Phi) is 5.23. The van der Waals surface area contributed by atoms with Gasteiger partial charge in [0.05, 0.1) is 17.8 Å². The Morgan fingerprint density at radius 1 is 1.17 bits per heavy atom. The summed E-state index contributed by atoms with van der Waals surface area (Å²) in [5, 5.41) is 4.16. The van der Waals surface area contributed by atoms with Gasteiger partial charge >= 0.3 is 0 Å². The Morgan fingerprint density at radius 2 is 2.07 bits per heavy atom. The molecule has 152 valence electrons. The Hall–Kier alpha value is -2.77. The van der Waals surface area contributed by atoms with E-state index in [1.54, 1.807) is 40.9 Å². The van der Waals surface area contributed by atoms with Gasteiger partial charge in [-0.15, -0.1) is 22.7 Å². The van der Waals surface area contributed by atoms with Crippen molar-refractivity contribution in [3.8, 4) is 11.3 Å². The Labute approximate surface area is 181 Å². The molecule has 0 bridgehead atoms. The van der Waals surface area contributed by atoms with Crippen molar-refractivity contribution in [2.45, 2.75) is 25.3 Å². The first-order valence-electron chi connectivity index (χ1n) is 9.79. The van der Waals surface area contributed by atoms with Crippen LogP contribution in [0, 0.1) is 5.82 Å². The molecule has 1 amide bonds. The van der Waals surface area contributed by atoms with Gasteiger partial charge in [0.1, 0.15) is 5.82 Å². The van der Waals surface area contributed by atoms with Crippen LogP contribution in [0.4, 0.5) is 4.39 Å². The Balaban J connectivity index is 1.32. The van der Waals surface area contributed by atoms with E-state index in [0.29, 0.717) is 36.6 Å². The molecule has 0 saturated carbocycles. The highest BCUT2D eigenvalue weighted by atomic mass is 32.1. The van der Waals surface area contributed by atoms with Gasteiger partial charge in [-0.05, 0) is 47.0 Å². The average molecular weight is 439 g/mol. The summed E-state index contributed by atoms with van der Waals surface area (Å²) in [4.78, 5) is 21.9. The maximum Gasteiger partial charge on any atom is 0.223 e. The van der Waals surface area contributed by atoms with Gasteiger partial charge in [-0.25, -0.2) is 9.37 Å². The quantitative estimate of drug-likeness (QED) is 0.401. The number of nitrogens with zero attached hydrogens (tertiary/aromatic N) is 2. The van der Waals surface area contributed by atoms with E-state index in [4.69, 9.17) is 4.42 Å². The number of fused-ring (bicyclic) bond motifs is 1. The van der Waals surface area contributed by atoms with E-state index < -0.39 is 0 Å². The summed E-state index contributed by atoms with van der Waals surface area (Å²) >= 11 is 3.44. The second-order valence-electron chi connectivity index (χ2n) is 7.15. The van der Waals surface area contributed by atoms with E-state index in [2.05, 4.69) is 27.9 Å². The zero-order valence-corrected chi connectivity index (χ0v) is 17.7. The summed E-state index contributed by atoms with van der Waals surface area (Å²) in [6.07, 6.45) is 3.10. The van der Waals surface area contributed by atoms with Gasteiger partial charge in [0, 0.05) is 29.1 Å². The highest BCUT2D eigenvalue weighted by molar-refractivity contribution is 7.10. The number of aromatic nitrogens is 1. The van der Waals surface area contributed by atoms with Crippen LogP contribution in [0.1, 0.15) is 33.7 Å². The monoisotopic (exact) mass is 438 g/mol. The fourth-order valence-corrected chi connectivity index (χ4v) is 5.67. The highest BCUT2D eigenvalue weighted by Crippen LogP contribution is 2.39. The lowest BCUT2D eigenvalue weighted by Crippen LogP contribution is -2.39. The van der Waals surface area contributed by atoms with Gasteiger partial charge in [0.2, 0.25) is 5.91 Å². The number of benzene rings is 1. The van der Waals surface area contributed by atoms with Crippen molar-refractivity contribution in [1.29, 1.82) is 0 Å². The molecule has 1 atom stereocenters. The third-order valence-electron chi connectivity index (χ3n) is 5.34. The van der Waals surface area contributed by atoms with Crippen molar-refractivity contribution < 1.29 is 13.6 Å². The number of carbonyl (C=O) groups is 1. The smallest absolute Gasteiger partial charge is 0.223 e. The first kappa shape index (κ1) is 19.2. The molecular weight excluding hydrogens is 419 g/mol. The van der Waals surface area contributed by atoms with Gasteiger partial charge in [-0.1, -0.05) is 18.2 Å². The Morgan fingerprint density at radius 3 is 2.90 bits per heavy atom. The number of hydrogen-bond donors (Lipinski definition) is 0. The minimum Gasteiger partial charge on any atom is -0.441 e. The number of thiophene rings is 2. The molecule has 1 aliphatic rings. The molecule has 0 radical (unpaired) electrons. The van der Waals surface area contributed by atoms with Crippen LogP contribution in [0.5, 0.6) is 0 Å². The number of carbonyl (C=O) groups excluding carboxylic acids is 1. The predicted molar refractivity (Wildman–Crippen MR) is 116 cm³/mol. The molecule has 0 saturated heterocycles. The van der Waals surface area contributed by atoms with Crippen LogP contribution in [-0.2, 0) is 17.6 Å². The van der Waals surface area contributed by atoms with Crippen LogP contribution in [0.15, 0.2) is 63.8 Å². The number of aryl methyl sites for hydroxylation is 1. The molecule has 4 aromatic rings. The van der Waals surface area contributed by atoms with Crippen molar-refractivity contribution >= 4 is 28.6 Å². The molecule has 3 aromatic heterocycles. The zero-order chi connectivity index (χ0) is 20.5. The van der Waals surface area contributed by atoms with E-state index in [1.165, 1.54) is 27.6 Å². The van der Waals surface area contributed by atoms with Gasteiger partial charge in [0.25, 0.3) is 0 Å². The minimum absolute atomic E-state index is 0.0222. The lowest BCUT2D eigenvalue weighted by atomic mass is 9.98. The molecule has 0 N–H and O–H groups in total. The maximum atomic E-state index is 14.0. The van der Waals surface area contributed by atoms with Gasteiger partial charge in [-0.2, -0.15) is 0 Å². The zero-order valence-electron chi connectivity index (χ0n) is 16.1. The number of amides is 1. The first-order valence-corrected chi connectivity index (χ1v) is 11.6. The molecule has 1 aliphatic heterocycles. The second kappa shape index (κ2) is 8.16. The van der Waals surface area contributed by atoms with E-state index in [-0.39, 0.29) is 17.8 Å². The molecule has 4 nitrogen and oxygen atoms in total. The summed E-state index contributed by atoms with van der Waals surface area (Å²) in [6, 6.07) is 12.7. The van der Waals surface area contributed by atoms with E-state index in [9.17, 15) is 9.18 Å². The maximum absolute atomic E-state index is 14.0. The molecular formula is C23H19FN2O2S2. The number of rotatable bonds is 5. The van der Waals surface area contributed by atoms with Crippen LogP contribution in [-0.4, -0.2) is 22.3 Å². The first-order chi connectivity index (χ1) is 14.7. The number of oxazole rings is 1. The van der Waals surface area contributed by atoms with E-state index >= 15 is 0 Å². The van der Waals surface area contributed by atoms with Crippen LogP contribution in [0.3, 0.4) is 0 Å². The van der Waals surface area contributed by atoms with Crippen molar-refractivity contribution in [1.82, 2.24) is 9.88 Å². The minimum atomic E-state index is -0.352. The summed E-state index contributed by atoms with van der Waals surface area (Å²) in [5.74, 6) is 0.557. The van der Waals surface area contributed by atoms with Crippen molar-refractivity contribution in [3.05, 3.63) is 86.4 Å². The lowest BCUT2D eigenvalue weighted by Gasteiger charge is -2.35. The fourth-order valence-electron chi connectivity index (χ4n) is 3.91. The summed E-state index contributed by atoms with van der Waals surface area (Å²) < 4.78 is 19.7. The van der Waals surface area contributed by atoms with Crippen molar-refractivity contribution in [2.24, 2.45) is 0 Å². The topological polar surface area (TPSA) is 46.3 Å². The third kappa shape index (κ3) is 3.59. The van der Waals surface area contributed by atoms with E-state index in [0.717, 1.165) is 6.42 Å². The molecule has 5 rings (SSSR count). The molecule has 1 aromatic carbocycles. The third-order valence-corrected chi connectivity index (χ3v) is 7.27. The number of hydrogen-bond acceptors (Lipinski definition) is 5. The van der Waals surface area contributed by atoms with Gasteiger partial charge in [-0.3, -0.25) is 4.79 Å². The average Bonchev–Trinajstić information content (AvgIpc) is 3.53. The van der Waals surface area contributed by atoms with Gasteiger partial charge < -0.3 is 9.32 Å². The highest BCUT2D eigenvalue weighted by Gasteiger charge is 2.33. The van der Waals surface area contributed by atoms with Crippen LogP contribution in [0.25, 0.3) is 11.3 Å².